The topological polar surface area (TPSA) is 253 Å². The Balaban J connectivity index is 1.19. The van der Waals surface area contributed by atoms with E-state index in [1.165, 1.54) is 33.5 Å². The Bertz CT molecular complexity index is 1860. The van der Waals surface area contributed by atoms with Crippen molar-refractivity contribution in [3.63, 3.8) is 0 Å². The van der Waals surface area contributed by atoms with Crippen LogP contribution in [0.5, 0.6) is 17.2 Å². The first-order valence-electron chi connectivity index (χ1n) is 23.1. The molecule has 2 saturated heterocycles. The normalized spacial score (nSPS) is 42.3. The third kappa shape index (κ3) is 9.47. The van der Waals surface area contributed by atoms with Gasteiger partial charge < -0.3 is 78.7 Å². The number of esters is 1. The molecule has 0 spiro atoms. The lowest BCUT2D eigenvalue weighted by Crippen LogP contribution is -2.62. The molecule has 1 unspecified atom stereocenters. The predicted octanol–water partition coefficient (Wildman–Crippen LogP) is 2.40. The molecule has 0 bridgehead atoms. The molecule has 5 fully saturated rings. The molecule has 0 aromatic heterocycles. The van der Waals surface area contributed by atoms with Crippen LogP contribution in [-0.2, 0) is 23.7 Å². The fourth-order valence-electron chi connectivity index (χ4n) is 12.7. The number of hydrogen-bond acceptors (Lipinski definition) is 17. The zero-order chi connectivity index (χ0) is 47.3. The summed E-state index contributed by atoms with van der Waals surface area (Å²) in [6, 6.07) is 2.86. The summed E-state index contributed by atoms with van der Waals surface area (Å²) in [6.07, 6.45) is -4.40. The second kappa shape index (κ2) is 19.6. The molecule has 6 aliphatic rings. The lowest BCUT2D eigenvalue weighted by Gasteiger charge is -2.60. The molecule has 65 heavy (non-hydrogen) atoms. The summed E-state index contributed by atoms with van der Waals surface area (Å²) in [5, 5.41) is 86.0. The van der Waals surface area contributed by atoms with Gasteiger partial charge in [-0.15, -0.1) is 0 Å². The van der Waals surface area contributed by atoms with E-state index in [2.05, 4.69) is 26.8 Å². The number of carbonyl (C=O) groups is 1. The lowest BCUT2D eigenvalue weighted by molar-refractivity contribution is -0.324. The van der Waals surface area contributed by atoms with Crippen molar-refractivity contribution in [2.75, 3.05) is 34.5 Å². The van der Waals surface area contributed by atoms with E-state index in [1.807, 2.05) is 6.08 Å². The molecule has 2 aliphatic heterocycles. The van der Waals surface area contributed by atoms with Crippen molar-refractivity contribution in [3.05, 3.63) is 41.5 Å². The van der Waals surface area contributed by atoms with Crippen molar-refractivity contribution in [2.24, 2.45) is 40.4 Å². The number of rotatable bonds is 14. The van der Waals surface area contributed by atoms with Crippen molar-refractivity contribution in [1.82, 2.24) is 0 Å². The monoisotopic (exact) mass is 920 g/mol. The minimum Gasteiger partial charge on any atom is -0.493 e. The van der Waals surface area contributed by atoms with E-state index in [1.54, 1.807) is 19.9 Å². The van der Waals surface area contributed by atoms with Crippen LogP contribution in [0, 0.1) is 40.4 Å². The fourth-order valence-corrected chi connectivity index (χ4v) is 12.7. The molecule has 8 N–H and O–H groups in total. The summed E-state index contributed by atoms with van der Waals surface area (Å²) >= 11 is 0. The van der Waals surface area contributed by atoms with Crippen LogP contribution in [0.1, 0.15) is 89.9 Å². The highest BCUT2D eigenvalue weighted by Crippen LogP contribution is 2.68. The Hall–Kier alpha value is -2.91. The summed E-state index contributed by atoms with van der Waals surface area (Å²) in [4.78, 5) is 13.9. The van der Waals surface area contributed by atoms with Gasteiger partial charge in [-0.2, -0.15) is 0 Å². The number of hydrogen-bond donors (Lipinski definition) is 8. The predicted molar refractivity (Wildman–Crippen MR) is 232 cm³/mol. The molecule has 19 atom stereocenters. The van der Waals surface area contributed by atoms with Gasteiger partial charge in [-0.25, -0.2) is 4.79 Å². The maximum atomic E-state index is 13.9. The van der Waals surface area contributed by atoms with E-state index in [0.29, 0.717) is 19.3 Å². The molecule has 0 radical (unpaired) electrons. The molecule has 17 nitrogen and oxygen atoms in total. The van der Waals surface area contributed by atoms with Crippen LogP contribution in [0.15, 0.2) is 35.9 Å². The smallest absolute Gasteiger partial charge is 0.338 e. The first-order valence-corrected chi connectivity index (χ1v) is 23.1. The third-order valence-corrected chi connectivity index (χ3v) is 15.9. The van der Waals surface area contributed by atoms with Crippen LogP contribution >= 0.6 is 0 Å². The van der Waals surface area contributed by atoms with Gasteiger partial charge in [-0.3, -0.25) is 0 Å². The zero-order valence-corrected chi connectivity index (χ0v) is 38.8. The van der Waals surface area contributed by atoms with E-state index in [0.717, 1.165) is 24.8 Å². The minimum atomic E-state index is -1.61. The number of benzene rings is 1. The van der Waals surface area contributed by atoms with Crippen LogP contribution in [0.4, 0.5) is 0 Å². The molecule has 1 aromatic rings. The van der Waals surface area contributed by atoms with Crippen LogP contribution in [0.3, 0.4) is 0 Å². The highest BCUT2D eigenvalue weighted by atomic mass is 16.7. The van der Waals surface area contributed by atoms with Crippen LogP contribution in [0.25, 0.3) is 0 Å². The van der Waals surface area contributed by atoms with Gasteiger partial charge in [0.05, 0.1) is 64.0 Å². The van der Waals surface area contributed by atoms with Crippen molar-refractivity contribution in [2.45, 2.75) is 159 Å². The lowest BCUT2D eigenvalue weighted by atomic mass is 9.46. The van der Waals surface area contributed by atoms with Gasteiger partial charge in [-0.05, 0) is 99.5 Å². The van der Waals surface area contributed by atoms with Gasteiger partial charge in [0.15, 0.2) is 30.2 Å². The SMILES string of the molecule is COc1cc(C(=O)O[C@H]2[C@@H](O[C@H]3C[C@H]4[C@@H]5CC=C6C[C@@H](O)CC(O[C@@H]7O[C@H](CO)[C@@H](O)[C@H](O)[C@H]7O)[C@]6(C)[C@H]5CC[C@]4(C)[C@H]3[C@H](C)C/C=C/C(C)(C)O)OC[C@H](O)[C@@H]2O)cc(OC)c1OC. The summed E-state index contributed by atoms with van der Waals surface area (Å²) in [6.45, 7) is 9.22. The van der Waals surface area contributed by atoms with E-state index < -0.39 is 97.2 Å². The van der Waals surface area contributed by atoms with Crippen molar-refractivity contribution in [3.8, 4) is 17.2 Å². The van der Waals surface area contributed by atoms with Crippen molar-refractivity contribution in [1.29, 1.82) is 0 Å². The number of carbonyl (C=O) groups excluding carboxylic acids is 1. The van der Waals surface area contributed by atoms with E-state index in [4.69, 9.17) is 37.9 Å². The van der Waals surface area contributed by atoms with E-state index in [-0.39, 0.29) is 70.8 Å². The Labute approximate surface area is 381 Å². The minimum absolute atomic E-state index is 0.0295. The highest BCUT2D eigenvalue weighted by molar-refractivity contribution is 5.91. The van der Waals surface area contributed by atoms with E-state index >= 15 is 0 Å². The molecule has 366 valence electrons. The van der Waals surface area contributed by atoms with Gasteiger partial charge in [0.25, 0.3) is 0 Å². The molecule has 2 heterocycles. The quantitative estimate of drug-likeness (QED) is 0.0986. The van der Waals surface area contributed by atoms with Gasteiger partial charge in [0.1, 0.15) is 36.6 Å². The summed E-state index contributed by atoms with van der Waals surface area (Å²) < 4.78 is 47.8. The van der Waals surface area contributed by atoms with E-state index in [9.17, 15) is 45.6 Å². The molecule has 3 saturated carbocycles. The summed E-state index contributed by atoms with van der Waals surface area (Å²) in [5.41, 5.74) is -0.809. The highest BCUT2D eigenvalue weighted by Gasteiger charge is 2.65. The maximum absolute atomic E-state index is 13.9. The molecule has 17 heteroatoms. The Morgan fingerprint density at radius 1 is 0.923 bits per heavy atom. The molecular weight excluding hydrogens is 849 g/mol. The average Bonchev–Trinajstić information content (AvgIpc) is 3.57. The van der Waals surface area contributed by atoms with Gasteiger partial charge in [0.2, 0.25) is 5.75 Å². The molecule has 1 aromatic carbocycles. The number of ether oxygens (including phenoxy) is 8. The fraction of sp³-hybridized carbons (Fsp3) is 0.771. The standard InChI is InChI=1S/C48H72O17/c1-23(10-9-14-46(2,3)57)36-31(62-45-42(37(52)30(51)22-61-45)65-43(56)24-16-32(58-6)41(60-8)33(17-24)59-7)20-29-27-12-11-25-18-26(50)19-35(48(25,5)28(27)13-15-47(29,36)4)64-44-40(55)39(54)38(53)34(21-49)63-44/h9,11,14,16-17,23,26-31,34-40,42,44-45,49-55,57H,10,12-13,15,18-22H2,1-8H3/b14-9+/t23-,26-,27-,28+,29+,30+,31+,34-,35?,36+,37+,38-,39+,40-,42-,44+,45-,47+,48+/m1/s1. The number of fused-ring (bicyclic) bond motifs is 5. The molecular formula is C48H72O17. The van der Waals surface area contributed by atoms with Gasteiger partial charge >= 0.3 is 5.97 Å². The zero-order valence-electron chi connectivity index (χ0n) is 38.8. The van der Waals surface area contributed by atoms with Crippen molar-refractivity contribution >= 4 is 5.97 Å². The Morgan fingerprint density at radius 3 is 2.25 bits per heavy atom. The average molecular weight is 921 g/mol. The van der Waals surface area contributed by atoms with Crippen LogP contribution in [0.2, 0.25) is 0 Å². The van der Waals surface area contributed by atoms with Crippen LogP contribution < -0.4 is 14.2 Å². The molecule has 7 rings (SSSR count). The number of allylic oxidation sites excluding steroid dienone is 2. The molecule has 0 amide bonds. The Morgan fingerprint density at radius 2 is 1.62 bits per heavy atom. The number of aliphatic hydroxyl groups excluding tert-OH is 7. The maximum Gasteiger partial charge on any atom is 0.338 e. The second-order valence-corrected chi connectivity index (χ2v) is 20.3. The number of aliphatic hydroxyl groups is 8. The Kier molecular flexibility index (Phi) is 15.1. The van der Waals surface area contributed by atoms with Crippen LogP contribution in [-0.4, -0.2) is 161 Å². The van der Waals surface area contributed by atoms with Gasteiger partial charge in [0, 0.05) is 11.8 Å². The van der Waals surface area contributed by atoms with Crippen molar-refractivity contribution < 1.29 is 83.5 Å². The van der Waals surface area contributed by atoms with Gasteiger partial charge in [-0.1, -0.05) is 44.6 Å². The third-order valence-electron chi connectivity index (χ3n) is 15.9. The number of methoxy groups -OCH3 is 3. The first-order chi connectivity index (χ1) is 30.7. The largest absolute Gasteiger partial charge is 0.493 e. The second-order valence-electron chi connectivity index (χ2n) is 20.3. The summed E-state index contributed by atoms with van der Waals surface area (Å²) in [5.74, 6) is 0.0860. The molecule has 4 aliphatic carbocycles. The summed E-state index contributed by atoms with van der Waals surface area (Å²) in [7, 11) is 4.28. The first kappa shape index (κ1) is 50.0.